The molecule has 0 amide bonds. The molecule has 0 fully saturated rings. The van der Waals surface area contributed by atoms with Gasteiger partial charge in [-0.3, -0.25) is 0 Å². The SMILES string of the molecule is Cc1nn2nnnc2nc1Cl. The zero-order chi connectivity index (χ0) is 7.84. The highest BCUT2D eigenvalue weighted by Crippen LogP contribution is 2.07. The van der Waals surface area contributed by atoms with Gasteiger partial charge in [0.2, 0.25) is 0 Å². The summed E-state index contributed by atoms with van der Waals surface area (Å²) in [6.07, 6.45) is 0. The second-order valence-corrected chi connectivity index (χ2v) is 2.31. The summed E-state index contributed by atoms with van der Waals surface area (Å²) in [5.41, 5.74) is 0.603. The van der Waals surface area contributed by atoms with Crippen LogP contribution in [-0.4, -0.2) is 30.2 Å². The summed E-state index contributed by atoms with van der Waals surface area (Å²) in [5, 5.41) is 14.7. The molecule has 0 atom stereocenters. The predicted molar refractivity (Wildman–Crippen MR) is 36.1 cm³/mol. The summed E-state index contributed by atoms with van der Waals surface area (Å²) >= 11 is 5.66. The standard InChI is InChI=1S/C4H3ClN6/c1-2-3(5)6-4-7-9-10-11(4)8-2/h1H3. The lowest BCUT2D eigenvalue weighted by Gasteiger charge is -1.92. The molecule has 7 heteroatoms. The summed E-state index contributed by atoms with van der Waals surface area (Å²) < 4.78 is 1.22. The van der Waals surface area contributed by atoms with Crippen molar-refractivity contribution in [1.82, 2.24) is 30.2 Å². The van der Waals surface area contributed by atoms with Crippen LogP contribution in [0.15, 0.2) is 0 Å². The van der Waals surface area contributed by atoms with Crippen molar-refractivity contribution >= 4 is 17.4 Å². The van der Waals surface area contributed by atoms with Gasteiger partial charge in [-0.25, -0.2) is 0 Å². The molecule has 0 saturated heterocycles. The maximum absolute atomic E-state index is 5.66. The Labute approximate surface area is 66.2 Å². The highest BCUT2D eigenvalue weighted by Gasteiger charge is 2.03. The van der Waals surface area contributed by atoms with E-state index >= 15 is 0 Å². The lowest BCUT2D eigenvalue weighted by molar-refractivity contribution is 0.713. The Kier molecular flexibility index (Phi) is 1.22. The fourth-order valence-corrected chi connectivity index (χ4v) is 0.775. The van der Waals surface area contributed by atoms with Crippen LogP contribution in [0.4, 0.5) is 0 Å². The third-order valence-corrected chi connectivity index (χ3v) is 1.54. The molecule has 0 aliphatic rings. The van der Waals surface area contributed by atoms with Crippen LogP contribution in [0, 0.1) is 6.92 Å². The van der Waals surface area contributed by atoms with Gasteiger partial charge in [0.1, 0.15) is 0 Å². The molecule has 0 N–H and O–H groups in total. The Balaban J connectivity index is 2.86. The van der Waals surface area contributed by atoms with Crippen molar-refractivity contribution in [2.24, 2.45) is 0 Å². The normalized spacial score (nSPS) is 10.7. The Hall–Kier alpha value is -1.30. The predicted octanol–water partition coefficient (Wildman–Crippen LogP) is -0.124. The van der Waals surface area contributed by atoms with E-state index in [0.29, 0.717) is 16.6 Å². The van der Waals surface area contributed by atoms with Gasteiger partial charge in [-0.15, -0.1) is 5.10 Å². The average molecular weight is 171 g/mol. The Morgan fingerprint density at radius 1 is 1.45 bits per heavy atom. The van der Waals surface area contributed by atoms with Crippen LogP contribution in [0.3, 0.4) is 0 Å². The van der Waals surface area contributed by atoms with Gasteiger partial charge in [0.05, 0.1) is 5.69 Å². The highest BCUT2D eigenvalue weighted by atomic mass is 35.5. The minimum absolute atomic E-state index is 0.306. The van der Waals surface area contributed by atoms with Gasteiger partial charge in [-0.05, 0) is 17.4 Å². The first-order valence-corrected chi connectivity index (χ1v) is 3.23. The number of halogens is 1. The van der Waals surface area contributed by atoms with Gasteiger partial charge in [0, 0.05) is 0 Å². The van der Waals surface area contributed by atoms with E-state index in [1.54, 1.807) is 6.92 Å². The molecule has 0 spiro atoms. The summed E-state index contributed by atoms with van der Waals surface area (Å²) in [7, 11) is 0. The summed E-state index contributed by atoms with van der Waals surface area (Å²) in [5.74, 6) is 0.306. The molecular weight excluding hydrogens is 168 g/mol. The first kappa shape index (κ1) is 6.41. The molecule has 0 bridgehead atoms. The molecule has 2 aromatic heterocycles. The smallest absolute Gasteiger partial charge is 0.194 e. The number of nitrogens with zero attached hydrogens (tertiary/aromatic N) is 6. The summed E-state index contributed by atoms with van der Waals surface area (Å²) in [6, 6.07) is 0. The average Bonchev–Trinajstić information content (AvgIpc) is 2.36. The molecular formula is C4H3ClN6. The van der Waals surface area contributed by atoms with Gasteiger partial charge < -0.3 is 0 Å². The van der Waals surface area contributed by atoms with Gasteiger partial charge in [-0.1, -0.05) is 21.3 Å². The topological polar surface area (TPSA) is 68.9 Å². The maximum Gasteiger partial charge on any atom is 0.292 e. The molecule has 2 heterocycles. The summed E-state index contributed by atoms with van der Waals surface area (Å²) in [6.45, 7) is 1.73. The number of tetrazole rings is 1. The Bertz CT molecular complexity index is 358. The second-order valence-electron chi connectivity index (χ2n) is 1.96. The molecule has 11 heavy (non-hydrogen) atoms. The Morgan fingerprint density at radius 2 is 2.27 bits per heavy atom. The van der Waals surface area contributed by atoms with Crippen LogP contribution >= 0.6 is 11.6 Å². The van der Waals surface area contributed by atoms with E-state index in [9.17, 15) is 0 Å². The van der Waals surface area contributed by atoms with Gasteiger partial charge in [0.25, 0.3) is 5.78 Å². The fourth-order valence-electron chi connectivity index (χ4n) is 0.662. The number of aryl methyl sites for hydroxylation is 1. The van der Waals surface area contributed by atoms with E-state index in [1.807, 2.05) is 0 Å². The van der Waals surface area contributed by atoms with Crippen molar-refractivity contribution in [2.75, 3.05) is 0 Å². The lowest BCUT2D eigenvalue weighted by Crippen LogP contribution is -1.99. The zero-order valence-corrected chi connectivity index (χ0v) is 6.32. The van der Waals surface area contributed by atoms with Gasteiger partial charge in [-0.2, -0.15) is 4.98 Å². The minimum atomic E-state index is 0.306. The minimum Gasteiger partial charge on any atom is -0.194 e. The van der Waals surface area contributed by atoms with Crippen molar-refractivity contribution in [1.29, 1.82) is 0 Å². The van der Waals surface area contributed by atoms with Crippen LogP contribution < -0.4 is 0 Å². The molecule has 0 aliphatic heterocycles. The van der Waals surface area contributed by atoms with E-state index in [1.165, 1.54) is 4.63 Å². The highest BCUT2D eigenvalue weighted by molar-refractivity contribution is 6.30. The van der Waals surface area contributed by atoms with Crippen molar-refractivity contribution in [3.63, 3.8) is 0 Å². The molecule has 0 aliphatic carbocycles. The van der Waals surface area contributed by atoms with Crippen LogP contribution in [0.2, 0.25) is 5.15 Å². The number of hydrogen-bond acceptors (Lipinski definition) is 5. The first-order chi connectivity index (χ1) is 5.27. The molecule has 2 rings (SSSR count). The number of hydrogen-bond donors (Lipinski definition) is 0. The molecule has 0 radical (unpaired) electrons. The molecule has 0 unspecified atom stereocenters. The second kappa shape index (κ2) is 2.09. The number of rotatable bonds is 0. The van der Waals surface area contributed by atoms with Crippen LogP contribution in [0.5, 0.6) is 0 Å². The van der Waals surface area contributed by atoms with Crippen LogP contribution in [-0.2, 0) is 0 Å². The van der Waals surface area contributed by atoms with E-state index in [0.717, 1.165) is 0 Å². The monoisotopic (exact) mass is 170 g/mol. The first-order valence-electron chi connectivity index (χ1n) is 2.86. The van der Waals surface area contributed by atoms with Crippen LogP contribution in [0.1, 0.15) is 5.69 Å². The fraction of sp³-hybridized carbons (Fsp3) is 0.250. The largest absolute Gasteiger partial charge is 0.292 e. The molecule has 56 valence electrons. The van der Waals surface area contributed by atoms with Gasteiger partial charge >= 0.3 is 0 Å². The maximum atomic E-state index is 5.66. The third-order valence-electron chi connectivity index (χ3n) is 1.18. The third kappa shape index (κ3) is 0.911. The molecule has 0 saturated carbocycles. The number of fused-ring (bicyclic) bond motifs is 1. The van der Waals surface area contributed by atoms with Crippen molar-refractivity contribution in [3.05, 3.63) is 10.8 Å². The number of aromatic nitrogens is 6. The summed E-state index contributed by atoms with van der Waals surface area (Å²) in [4.78, 5) is 3.86. The quantitative estimate of drug-likeness (QED) is 0.551. The van der Waals surface area contributed by atoms with Crippen LogP contribution in [0.25, 0.3) is 5.78 Å². The van der Waals surface area contributed by atoms with E-state index < -0.39 is 0 Å². The Morgan fingerprint density at radius 3 is 3.09 bits per heavy atom. The van der Waals surface area contributed by atoms with E-state index in [-0.39, 0.29) is 0 Å². The molecule has 2 aromatic rings. The van der Waals surface area contributed by atoms with Crippen molar-refractivity contribution in [3.8, 4) is 0 Å². The van der Waals surface area contributed by atoms with Gasteiger partial charge in [0.15, 0.2) is 5.15 Å². The molecule has 0 aromatic carbocycles. The lowest BCUT2D eigenvalue weighted by atomic mass is 10.5. The van der Waals surface area contributed by atoms with Crippen molar-refractivity contribution < 1.29 is 0 Å². The zero-order valence-electron chi connectivity index (χ0n) is 5.56. The molecule has 6 nitrogen and oxygen atoms in total. The van der Waals surface area contributed by atoms with E-state index in [4.69, 9.17) is 11.6 Å². The van der Waals surface area contributed by atoms with Crippen molar-refractivity contribution in [2.45, 2.75) is 6.92 Å². The van der Waals surface area contributed by atoms with E-state index in [2.05, 4.69) is 25.6 Å².